The summed E-state index contributed by atoms with van der Waals surface area (Å²) in [4.78, 5) is 10.4. The molecule has 0 bridgehead atoms. The van der Waals surface area contributed by atoms with E-state index in [1.54, 1.807) is 30.3 Å². The number of benzene rings is 3. The standard InChI is InChI=1S/C22H14BrClN2O3/c23-19-5-10-22(29-14-15-1-6-20(24)7-2-15)17(12-19)11-18(13-25)16-3-8-21(9-4-16)26(27)28/h1-12H,14H2/b18-11-. The van der Waals surface area contributed by atoms with Gasteiger partial charge in [0, 0.05) is 27.2 Å². The third kappa shape index (κ3) is 5.44. The summed E-state index contributed by atoms with van der Waals surface area (Å²) in [5.74, 6) is 0.609. The highest BCUT2D eigenvalue weighted by atomic mass is 79.9. The van der Waals surface area contributed by atoms with Gasteiger partial charge in [0.15, 0.2) is 0 Å². The van der Waals surface area contributed by atoms with Crippen molar-refractivity contribution in [1.29, 1.82) is 5.26 Å². The molecule has 0 fully saturated rings. The fourth-order valence-corrected chi connectivity index (χ4v) is 3.11. The van der Waals surface area contributed by atoms with E-state index in [0.29, 0.717) is 34.1 Å². The lowest BCUT2D eigenvalue weighted by Crippen LogP contribution is -1.97. The summed E-state index contributed by atoms with van der Waals surface area (Å²) < 4.78 is 6.78. The third-order valence-electron chi connectivity index (χ3n) is 4.09. The molecule has 0 N–H and O–H groups in total. The minimum absolute atomic E-state index is 0.0273. The number of rotatable bonds is 6. The summed E-state index contributed by atoms with van der Waals surface area (Å²) in [5, 5.41) is 21.1. The molecular formula is C22H14BrClN2O3. The zero-order valence-corrected chi connectivity index (χ0v) is 17.4. The Morgan fingerprint density at radius 3 is 2.45 bits per heavy atom. The number of nitro groups is 1. The van der Waals surface area contributed by atoms with Gasteiger partial charge in [-0.3, -0.25) is 10.1 Å². The van der Waals surface area contributed by atoms with E-state index >= 15 is 0 Å². The molecule has 3 aromatic carbocycles. The number of halogens is 2. The molecule has 0 spiro atoms. The van der Waals surface area contributed by atoms with Crippen LogP contribution in [-0.4, -0.2) is 4.92 Å². The van der Waals surface area contributed by atoms with E-state index in [-0.39, 0.29) is 5.69 Å². The van der Waals surface area contributed by atoms with E-state index in [4.69, 9.17) is 16.3 Å². The number of hydrogen-bond donors (Lipinski definition) is 0. The lowest BCUT2D eigenvalue weighted by Gasteiger charge is -2.11. The van der Waals surface area contributed by atoms with Crippen LogP contribution in [0.3, 0.4) is 0 Å². The number of hydrogen-bond acceptors (Lipinski definition) is 4. The van der Waals surface area contributed by atoms with Crippen molar-refractivity contribution in [3.05, 3.63) is 103 Å². The smallest absolute Gasteiger partial charge is 0.269 e. The van der Waals surface area contributed by atoms with Crippen molar-refractivity contribution < 1.29 is 9.66 Å². The van der Waals surface area contributed by atoms with Gasteiger partial charge in [-0.15, -0.1) is 0 Å². The molecule has 0 aliphatic heterocycles. The van der Waals surface area contributed by atoms with Crippen LogP contribution in [0.1, 0.15) is 16.7 Å². The highest BCUT2D eigenvalue weighted by Crippen LogP contribution is 2.29. The van der Waals surface area contributed by atoms with Crippen molar-refractivity contribution in [1.82, 2.24) is 0 Å². The number of nitriles is 1. The van der Waals surface area contributed by atoms with Gasteiger partial charge in [-0.2, -0.15) is 5.26 Å². The maximum Gasteiger partial charge on any atom is 0.269 e. The zero-order valence-electron chi connectivity index (χ0n) is 15.0. The highest BCUT2D eigenvalue weighted by molar-refractivity contribution is 9.10. The quantitative estimate of drug-likeness (QED) is 0.175. The van der Waals surface area contributed by atoms with E-state index < -0.39 is 4.92 Å². The van der Waals surface area contributed by atoms with Crippen LogP contribution in [0.2, 0.25) is 5.02 Å². The molecule has 7 heteroatoms. The molecule has 0 saturated carbocycles. The van der Waals surface area contributed by atoms with Crippen molar-refractivity contribution >= 4 is 44.9 Å². The van der Waals surface area contributed by atoms with Crippen LogP contribution in [0.15, 0.2) is 71.2 Å². The molecule has 144 valence electrons. The largest absolute Gasteiger partial charge is 0.488 e. The Kier molecular flexibility index (Phi) is 6.65. The minimum Gasteiger partial charge on any atom is -0.488 e. The van der Waals surface area contributed by atoms with E-state index in [2.05, 4.69) is 22.0 Å². The first kappa shape index (κ1) is 20.6. The van der Waals surface area contributed by atoms with E-state index in [0.717, 1.165) is 10.0 Å². The zero-order chi connectivity index (χ0) is 20.8. The van der Waals surface area contributed by atoms with E-state index in [9.17, 15) is 15.4 Å². The molecule has 29 heavy (non-hydrogen) atoms. The highest BCUT2D eigenvalue weighted by Gasteiger charge is 2.09. The minimum atomic E-state index is -0.476. The number of nitro benzene ring substituents is 1. The van der Waals surface area contributed by atoms with Crippen LogP contribution >= 0.6 is 27.5 Å². The fraction of sp³-hybridized carbons (Fsp3) is 0.0455. The van der Waals surface area contributed by atoms with Crippen molar-refractivity contribution in [3.8, 4) is 11.8 Å². The molecule has 5 nitrogen and oxygen atoms in total. The van der Waals surface area contributed by atoms with Gasteiger partial charge in [0.05, 0.1) is 16.6 Å². The maximum absolute atomic E-state index is 10.8. The second-order valence-corrected chi connectivity index (χ2v) is 7.42. The molecule has 0 radical (unpaired) electrons. The predicted molar refractivity (Wildman–Crippen MR) is 117 cm³/mol. The average Bonchev–Trinajstić information content (AvgIpc) is 2.72. The van der Waals surface area contributed by atoms with Crippen LogP contribution in [0, 0.1) is 21.4 Å². The summed E-state index contributed by atoms with van der Waals surface area (Å²) in [6.07, 6.45) is 1.70. The summed E-state index contributed by atoms with van der Waals surface area (Å²) in [6.45, 7) is 0.346. The van der Waals surface area contributed by atoms with Crippen LogP contribution in [0.4, 0.5) is 5.69 Å². The molecule has 0 aliphatic rings. The molecule has 0 amide bonds. The number of allylic oxidation sites excluding steroid dienone is 1. The van der Waals surface area contributed by atoms with Crippen LogP contribution in [-0.2, 0) is 6.61 Å². The Bertz CT molecular complexity index is 1100. The van der Waals surface area contributed by atoms with Crippen molar-refractivity contribution in [2.24, 2.45) is 0 Å². The number of ether oxygens (including phenoxy) is 1. The molecule has 0 atom stereocenters. The Morgan fingerprint density at radius 1 is 1.14 bits per heavy atom. The molecule has 0 heterocycles. The van der Waals surface area contributed by atoms with E-state index in [1.165, 1.54) is 12.1 Å². The normalized spacial score (nSPS) is 11.0. The van der Waals surface area contributed by atoms with Crippen LogP contribution in [0.25, 0.3) is 11.6 Å². The molecule has 0 aliphatic carbocycles. The summed E-state index contributed by atoms with van der Waals surface area (Å²) in [7, 11) is 0. The van der Waals surface area contributed by atoms with Gasteiger partial charge in [0.1, 0.15) is 12.4 Å². The van der Waals surface area contributed by atoms with Gasteiger partial charge in [-0.25, -0.2) is 0 Å². The molecule has 3 rings (SSSR count). The number of nitrogens with zero attached hydrogens (tertiary/aromatic N) is 2. The lowest BCUT2D eigenvalue weighted by atomic mass is 10.0. The van der Waals surface area contributed by atoms with Gasteiger partial charge in [0.25, 0.3) is 5.69 Å². The first-order valence-corrected chi connectivity index (χ1v) is 9.67. The molecule has 0 aromatic heterocycles. The van der Waals surface area contributed by atoms with Gasteiger partial charge < -0.3 is 4.74 Å². The molecule has 3 aromatic rings. The van der Waals surface area contributed by atoms with Crippen LogP contribution < -0.4 is 4.74 Å². The Morgan fingerprint density at radius 2 is 1.83 bits per heavy atom. The van der Waals surface area contributed by atoms with Gasteiger partial charge >= 0.3 is 0 Å². The molecule has 0 unspecified atom stereocenters. The van der Waals surface area contributed by atoms with Crippen molar-refractivity contribution in [2.75, 3.05) is 0 Å². The molecular weight excluding hydrogens is 456 g/mol. The second kappa shape index (κ2) is 9.37. The topological polar surface area (TPSA) is 76.2 Å². The first-order chi connectivity index (χ1) is 14.0. The average molecular weight is 470 g/mol. The van der Waals surface area contributed by atoms with E-state index in [1.807, 2.05) is 30.3 Å². The predicted octanol–water partition coefficient (Wildman–Crippen LogP) is 6.65. The Labute approximate surface area is 181 Å². The monoisotopic (exact) mass is 468 g/mol. The Hall–Kier alpha value is -3.14. The maximum atomic E-state index is 10.8. The summed E-state index contributed by atoms with van der Waals surface area (Å²) in [6, 6.07) is 20.9. The molecule has 0 saturated heterocycles. The fourth-order valence-electron chi connectivity index (χ4n) is 2.60. The van der Waals surface area contributed by atoms with Crippen molar-refractivity contribution in [3.63, 3.8) is 0 Å². The van der Waals surface area contributed by atoms with Gasteiger partial charge in [0.2, 0.25) is 0 Å². The SMILES string of the molecule is N#C/C(=C/c1cc(Br)ccc1OCc1ccc(Cl)cc1)c1ccc([N+](=O)[O-])cc1. The second-order valence-electron chi connectivity index (χ2n) is 6.07. The lowest BCUT2D eigenvalue weighted by molar-refractivity contribution is -0.384. The Balaban J connectivity index is 1.89. The first-order valence-electron chi connectivity index (χ1n) is 8.49. The van der Waals surface area contributed by atoms with Gasteiger partial charge in [-0.05, 0) is 59.7 Å². The van der Waals surface area contributed by atoms with Gasteiger partial charge in [-0.1, -0.05) is 39.7 Å². The van der Waals surface area contributed by atoms with Crippen molar-refractivity contribution in [2.45, 2.75) is 6.61 Å². The summed E-state index contributed by atoms with van der Waals surface area (Å²) in [5.41, 5.74) is 2.60. The van der Waals surface area contributed by atoms with Crippen LogP contribution in [0.5, 0.6) is 5.75 Å². The third-order valence-corrected chi connectivity index (χ3v) is 4.83. The number of non-ortho nitro benzene ring substituents is 1. The summed E-state index contributed by atoms with van der Waals surface area (Å²) >= 11 is 9.34.